The summed E-state index contributed by atoms with van der Waals surface area (Å²) in [6.45, 7) is 2.39. The summed E-state index contributed by atoms with van der Waals surface area (Å²) in [7, 11) is 0. The number of pyridine rings is 1. The summed E-state index contributed by atoms with van der Waals surface area (Å²) in [5.74, 6) is 0.286. The van der Waals surface area contributed by atoms with Crippen molar-refractivity contribution in [2.24, 2.45) is 5.10 Å². The Kier molecular flexibility index (Phi) is 4.14. The summed E-state index contributed by atoms with van der Waals surface area (Å²) in [6, 6.07) is 11.1. The number of aryl methyl sites for hydroxylation is 1. The molecule has 1 N–H and O–H groups in total. The fourth-order valence-corrected chi connectivity index (χ4v) is 2.49. The monoisotopic (exact) mass is 295 g/mol. The van der Waals surface area contributed by atoms with Gasteiger partial charge in [0.15, 0.2) is 0 Å². The lowest BCUT2D eigenvalue weighted by Gasteiger charge is -2.08. The molecule has 5 nitrogen and oxygen atoms in total. The van der Waals surface area contributed by atoms with Crippen molar-refractivity contribution in [3.8, 4) is 5.75 Å². The molecular weight excluding hydrogens is 278 g/mol. The van der Waals surface area contributed by atoms with Crippen LogP contribution in [0.2, 0.25) is 0 Å². The van der Waals surface area contributed by atoms with Crippen LogP contribution < -0.4 is 10.2 Å². The van der Waals surface area contributed by atoms with E-state index in [9.17, 15) is 4.79 Å². The van der Waals surface area contributed by atoms with Crippen molar-refractivity contribution in [2.75, 3.05) is 6.61 Å². The minimum Gasteiger partial charge on any atom is -0.493 e. The van der Waals surface area contributed by atoms with Crippen LogP contribution in [-0.4, -0.2) is 23.2 Å². The van der Waals surface area contributed by atoms with E-state index in [2.05, 4.69) is 15.5 Å². The Morgan fingerprint density at radius 3 is 3.00 bits per heavy atom. The van der Waals surface area contributed by atoms with Gasteiger partial charge in [-0.2, -0.15) is 5.10 Å². The molecular formula is C17H17N3O2. The Bertz CT molecular complexity index is 725. The van der Waals surface area contributed by atoms with Crippen molar-refractivity contribution in [2.45, 2.75) is 19.8 Å². The highest BCUT2D eigenvalue weighted by Crippen LogP contribution is 2.20. The summed E-state index contributed by atoms with van der Waals surface area (Å²) >= 11 is 0. The maximum absolute atomic E-state index is 12.3. The molecule has 1 amide bonds. The normalized spacial score (nSPS) is 14.7. The Morgan fingerprint density at radius 1 is 1.27 bits per heavy atom. The first-order valence-electron chi connectivity index (χ1n) is 7.32. The second-order valence-electron chi connectivity index (χ2n) is 4.94. The van der Waals surface area contributed by atoms with Crippen LogP contribution in [0.15, 0.2) is 47.7 Å². The Morgan fingerprint density at radius 2 is 2.14 bits per heavy atom. The van der Waals surface area contributed by atoms with Gasteiger partial charge in [-0.15, -0.1) is 0 Å². The summed E-state index contributed by atoms with van der Waals surface area (Å²) < 4.78 is 5.46. The second-order valence-corrected chi connectivity index (χ2v) is 4.94. The Balaban J connectivity index is 1.78. The minimum atomic E-state index is -0.277. The molecule has 0 saturated heterocycles. The molecule has 22 heavy (non-hydrogen) atoms. The molecule has 1 aliphatic rings. The number of para-hydroxylation sites is 1. The molecule has 1 aromatic carbocycles. The lowest BCUT2D eigenvalue weighted by Crippen LogP contribution is -2.20. The van der Waals surface area contributed by atoms with Gasteiger partial charge in [-0.3, -0.25) is 9.78 Å². The summed E-state index contributed by atoms with van der Waals surface area (Å²) in [6.07, 6.45) is 3.44. The zero-order valence-electron chi connectivity index (χ0n) is 12.4. The number of fused-ring (bicyclic) bond motifs is 1. The van der Waals surface area contributed by atoms with Crippen LogP contribution in [0.4, 0.5) is 0 Å². The van der Waals surface area contributed by atoms with E-state index in [1.807, 2.05) is 25.1 Å². The van der Waals surface area contributed by atoms with Gasteiger partial charge in [-0.25, -0.2) is 5.43 Å². The average molecular weight is 295 g/mol. The van der Waals surface area contributed by atoms with Gasteiger partial charge in [0.2, 0.25) is 0 Å². The lowest BCUT2D eigenvalue weighted by atomic mass is 10.2. The van der Waals surface area contributed by atoms with Gasteiger partial charge >= 0.3 is 0 Å². The zero-order chi connectivity index (χ0) is 15.4. The molecule has 5 heteroatoms. The third-order valence-electron chi connectivity index (χ3n) is 3.52. The number of aromatic nitrogens is 1. The zero-order valence-corrected chi connectivity index (χ0v) is 12.4. The van der Waals surface area contributed by atoms with Gasteiger partial charge in [-0.1, -0.05) is 18.2 Å². The summed E-state index contributed by atoms with van der Waals surface area (Å²) in [5.41, 5.74) is 5.95. The number of ether oxygens (including phenoxy) is 1. The molecule has 0 unspecified atom stereocenters. The number of hydrazone groups is 1. The van der Waals surface area contributed by atoms with Gasteiger partial charge in [-0.05, 0) is 43.5 Å². The predicted octanol–water partition coefficient (Wildman–Crippen LogP) is 2.56. The van der Waals surface area contributed by atoms with Crippen LogP contribution in [0.25, 0.3) is 0 Å². The maximum Gasteiger partial charge on any atom is 0.275 e. The van der Waals surface area contributed by atoms with Gasteiger partial charge in [0, 0.05) is 6.20 Å². The van der Waals surface area contributed by atoms with E-state index in [1.165, 1.54) is 5.56 Å². The van der Waals surface area contributed by atoms with Crippen molar-refractivity contribution in [3.63, 3.8) is 0 Å². The van der Waals surface area contributed by atoms with Gasteiger partial charge in [0.25, 0.3) is 5.91 Å². The Labute approximate surface area is 129 Å². The van der Waals surface area contributed by atoms with Crippen LogP contribution in [0, 0.1) is 0 Å². The fraction of sp³-hybridized carbons (Fsp3) is 0.235. The highest BCUT2D eigenvalue weighted by atomic mass is 16.5. The number of carbonyl (C=O) groups is 1. The second kappa shape index (κ2) is 6.39. The van der Waals surface area contributed by atoms with Crippen LogP contribution in [0.5, 0.6) is 5.75 Å². The highest BCUT2D eigenvalue weighted by Gasteiger charge is 2.19. The van der Waals surface area contributed by atoms with Crippen LogP contribution in [0.3, 0.4) is 0 Å². The van der Waals surface area contributed by atoms with Gasteiger partial charge in [0.1, 0.15) is 5.75 Å². The van der Waals surface area contributed by atoms with Crippen molar-refractivity contribution in [3.05, 3.63) is 59.4 Å². The van der Waals surface area contributed by atoms with Gasteiger partial charge < -0.3 is 4.74 Å². The molecule has 0 fully saturated rings. The molecule has 3 rings (SSSR count). The minimum absolute atomic E-state index is 0.277. The average Bonchev–Trinajstić information content (AvgIpc) is 2.97. The van der Waals surface area contributed by atoms with E-state index in [0.717, 1.165) is 24.2 Å². The van der Waals surface area contributed by atoms with Crippen molar-refractivity contribution in [1.82, 2.24) is 10.4 Å². The Hall–Kier alpha value is -2.69. The number of hydrogen-bond donors (Lipinski definition) is 1. The molecule has 0 aliphatic heterocycles. The number of nitrogens with zero attached hydrogens (tertiary/aromatic N) is 2. The molecule has 0 radical (unpaired) electrons. The first kappa shape index (κ1) is 14.3. The first-order chi connectivity index (χ1) is 10.8. The molecule has 1 aromatic heterocycles. The number of nitrogens with one attached hydrogen (secondary N) is 1. The standard InChI is InChI=1S/C17H17N3O2/c1-2-22-15-8-4-3-7-13(15)17(21)20-19-14-10-9-12-6-5-11-18-16(12)14/h3-8,11H,2,9-10H2,1H3,(H,20,21)/b19-14+. The van der Waals surface area contributed by atoms with Crippen LogP contribution >= 0.6 is 0 Å². The predicted molar refractivity (Wildman–Crippen MR) is 84.2 cm³/mol. The van der Waals surface area contributed by atoms with Crippen molar-refractivity contribution >= 4 is 11.6 Å². The van der Waals surface area contributed by atoms with Crippen molar-refractivity contribution in [1.29, 1.82) is 0 Å². The molecule has 0 saturated carbocycles. The van der Waals surface area contributed by atoms with Gasteiger partial charge in [0.05, 0.1) is 23.6 Å². The quantitative estimate of drug-likeness (QED) is 0.882. The highest BCUT2D eigenvalue weighted by molar-refractivity contribution is 6.04. The molecule has 1 heterocycles. The fourth-order valence-electron chi connectivity index (χ4n) is 2.49. The summed E-state index contributed by atoms with van der Waals surface area (Å²) in [5, 5.41) is 4.24. The van der Waals surface area contributed by atoms with E-state index in [-0.39, 0.29) is 5.91 Å². The number of carbonyl (C=O) groups excluding carboxylic acids is 1. The van der Waals surface area contributed by atoms with Crippen molar-refractivity contribution < 1.29 is 9.53 Å². The lowest BCUT2D eigenvalue weighted by molar-refractivity contribution is 0.0951. The molecule has 112 valence electrons. The van der Waals surface area contributed by atoms with Crippen LogP contribution in [0.1, 0.15) is 35.0 Å². The van der Waals surface area contributed by atoms with E-state index < -0.39 is 0 Å². The molecule has 0 atom stereocenters. The smallest absolute Gasteiger partial charge is 0.275 e. The number of amides is 1. The van der Waals surface area contributed by atoms with E-state index in [1.54, 1.807) is 24.4 Å². The SMILES string of the molecule is CCOc1ccccc1C(=O)N/N=C1\CCc2cccnc21. The summed E-state index contributed by atoms with van der Waals surface area (Å²) in [4.78, 5) is 16.6. The number of rotatable bonds is 4. The molecule has 2 aromatic rings. The topological polar surface area (TPSA) is 63.6 Å². The third kappa shape index (κ3) is 2.83. The number of benzene rings is 1. The third-order valence-corrected chi connectivity index (χ3v) is 3.52. The molecule has 0 spiro atoms. The first-order valence-corrected chi connectivity index (χ1v) is 7.32. The van der Waals surface area contributed by atoms with Crippen LogP contribution in [-0.2, 0) is 6.42 Å². The number of hydrogen-bond acceptors (Lipinski definition) is 4. The van der Waals surface area contributed by atoms with E-state index >= 15 is 0 Å². The molecule has 0 bridgehead atoms. The van der Waals surface area contributed by atoms with E-state index in [4.69, 9.17) is 4.74 Å². The maximum atomic E-state index is 12.3. The largest absolute Gasteiger partial charge is 0.493 e. The van der Waals surface area contributed by atoms with E-state index in [0.29, 0.717) is 17.9 Å². The molecule has 1 aliphatic carbocycles.